The monoisotopic (exact) mass is 302 g/mol. The van der Waals surface area contributed by atoms with Gasteiger partial charge in [0.15, 0.2) is 0 Å². The third-order valence-electron chi connectivity index (χ3n) is 3.78. The minimum atomic E-state index is -4.33. The highest BCUT2D eigenvalue weighted by Crippen LogP contribution is 2.39. The molecule has 0 amide bonds. The van der Waals surface area contributed by atoms with E-state index in [4.69, 9.17) is 4.74 Å². The van der Waals surface area contributed by atoms with E-state index in [1.54, 1.807) is 26.3 Å². The predicted octanol–water partition coefficient (Wildman–Crippen LogP) is 2.90. The first-order valence-electron chi connectivity index (χ1n) is 7.04. The number of ether oxygens (including phenoxy) is 1. The average molecular weight is 302 g/mol. The van der Waals surface area contributed by atoms with Crippen LogP contribution in [-0.2, 0) is 17.5 Å². The zero-order valence-corrected chi connectivity index (χ0v) is 12.3. The maximum absolute atomic E-state index is 13.3. The minimum absolute atomic E-state index is 0.279. The van der Waals surface area contributed by atoms with Crippen LogP contribution in [0, 0.1) is 5.92 Å². The summed E-state index contributed by atoms with van der Waals surface area (Å²) in [5.74, 6) is 0.299. The summed E-state index contributed by atoms with van der Waals surface area (Å²) in [6.45, 7) is 2.27. The van der Waals surface area contributed by atoms with Crippen molar-refractivity contribution in [3.63, 3.8) is 0 Å². The standard InChI is InChI=1S/C15H21F3N2O/c1-19-8-11-3-4-14(13(7-11)15(16,17)18)20-6-5-12(9-20)10-21-2/h3-4,7,12,19H,5-6,8-10H2,1-2H3. The van der Waals surface area contributed by atoms with Crippen molar-refractivity contribution in [1.82, 2.24) is 5.32 Å². The first kappa shape index (κ1) is 16.1. The Labute approximate surface area is 123 Å². The van der Waals surface area contributed by atoms with Gasteiger partial charge in [0.25, 0.3) is 0 Å². The van der Waals surface area contributed by atoms with Gasteiger partial charge in [0.1, 0.15) is 0 Å². The minimum Gasteiger partial charge on any atom is -0.384 e. The normalized spacial score (nSPS) is 19.3. The second-order valence-corrected chi connectivity index (χ2v) is 5.44. The van der Waals surface area contributed by atoms with E-state index in [2.05, 4.69) is 5.32 Å². The number of hydrogen-bond acceptors (Lipinski definition) is 3. The van der Waals surface area contributed by atoms with Gasteiger partial charge in [-0.1, -0.05) is 6.07 Å². The van der Waals surface area contributed by atoms with Gasteiger partial charge in [-0.3, -0.25) is 0 Å². The van der Waals surface area contributed by atoms with Crippen LogP contribution in [0.4, 0.5) is 18.9 Å². The van der Waals surface area contributed by atoms with Gasteiger partial charge in [0, 0.05) is 38.3 Å². The molecule has 1 aliphatic rings. The molecule has 1 atom stereocenters. The molecule has 1 fully saturated rings. The molecule has 1 N–H and O–H groups in total. The molecule has 1 unspecified atom stereocenters. The van der Waals surface area contributed by atoms with Crippen LogP contribution in [0.2, 0.25) is 0 Å². The molecule has 3 nitrogen and oxygen atoms in total. The van der Waals surface area contributed by atoms with Gasteiger partial charge in [0.05, 0.1) is 12.2 Å². The van der Waals surface area contributed by atoms with Gasteiger partial charge in [-0.15, -0.1) is 0 Å². The Morgan fingerprint density at radius 1 is 1.38 bits per heavy atom. The number of halogens is 3. The van der Waals surface area contributed by atoms with Crippen molar-refractivity contribution < 1.29 is 17.9 Å². The zero-order chi connectivity index (χ0) is 15.5. The lowest BCUT2D eigenvalue weighted by atomic mass is 10.1. The molecule has 1 saturated heterocycles. The first-order valence-corrected chi connectivity index (χ1v) is 7.04. The number of methoxy groups -OCH3 is 1. The van der Waals surface area contributed by atoms with Crippen LogP contribution in [0.5, 0.6) is 0 Å². The van der Waals surface area contributed by atoms with E-state index in [1.165, 1.54) is 6.07 Å². The van der Waals surface area contributed by atoms with Crippen LogP contribution in [-0.4, -0.2) is 33.9 Å². The van der Waals surface area contributed by atoms with Crippen LogP contribution in [0.3, 0.4) is 0 Å². The molecule has 0 saturated carbocycles. The molecule has 1 heterocycles. The molecule has 21 heavy (non-hydrogen) atoms. The molecule has 2 rings (SSSR count). The third-order valence-corrected chi connectivity index (χ3v) is 3.78. The van der Waals surface area contributed by atoms with Gasteiger partial charge in [-0.05, 0) is 31.2 Å². The molecule has 0 aromatic heterocycles. The van der Waals surface area contributed by atoms with E-state index in [-0.39, 0.29) is 5.69 Å². The van der Waals surface area contributed by atoms with Gasteiger partial charge in [-0.25, -0.2) is 0 Å². The number of alkyl halides is 3. The highest BCUT2D eigenvalue weighted by Gasteiger charge is 2.36. The van der Waals surface area contributed by atoms with Crippen LogP contribution in [0.15, 0.2) is 18.2 Å². The summed E-state index contributed by atoms with van der Waals surface area (Å²) in [5.41, 5.74) is 0.371. The van der Waals surface area contributed by atoms with Gasteiger partial charge < -0.3 is 15.0 Å². The first-order chi connectivity index (χ1) is 9.95. The quantitative estimate of drug-likeness (QED) is 0.905. The molecular weight excluding hydrogens is 281 g/mol. The Balaban J connectivity index is 2.26. The molecule has 0 bridgehead atoms. The zero-order valence-electron chi connectivity index (χ0n) is 12.3. The number of nitrogens with zero attached hydrogens (tertiary/aromatic N) is 1. The van der Waals surface area contributed by atoms with Crippen LogP contribution < -0.4 is 10.2 Å². The Morgan fingerprint density at radius 3 is 2.76 bits per heavy atom. The van der Waals surface area contributed by atoms with Crippen LogP contribution in [0.25, 0.3) is 0 Å². The van der Waals surface area contributed by atoms with Crippen molar-refractivity contribution >= 4 is 5.69 Å². The number of nitrogens with one attached hydrogen (secondary N) is 1. The second-order valence-electron chi connectivity index (χ2n) is 5.44. The molecule has 118 valence electrons. The molecule has 1 aliphatic heterocycles. The van der Waals surface area contributed by atoms with Gasteiger partial charge in [-0.2, -0.15) is 13.2 Å². The number of rotatable bonds is 5. The van der Waals surface area contributed by atoms with E-state index in [1.807, 2.05) is 4.90 Å². The smallest absolute Gasteiger partial charge is 0.384 e. The highest BCUT2D eigenvalue weighted by atomic mass is 19.4. The number of anilines is 1. The third kappa shape index (κ3) is 3.89. The summed E-state index contributed by atoms with van der Waals surface area (Å²) < 4.78 is 45.0. The van der Waals surface area contributed by atoms with Crippen molar-refractivity contribution in [2.45, 2.75) is 19.1 Å². The highest BCUT2D eigenvalue weighted by molar-refractivity contribution is 5.57. The van der Waals surface area contributed by atoms with E-state index >= 15 is 0 Å². The maximum Gasteiger partial charge on any atom is 0.418 e. The largest absolute Gasteiger partial charge is 0.418 e. The number of benzene rings is 1. The summed E-state index contributed by atoms with van der Waals surface area (Å²) in [6.07, 6.45) is -3.47. The average Bonchev–Trinajstić information content (AvgIpc) is 2.87. The lowest BCUT2D eigenvalue weighted by molar-refractivity contribution is -0.137. The maximum atomic E-state index is 13.3. The summed E-state index contributed by atoms with van der Waals surface area (Å²) >= 11 is 0. The van der Waals surface area contributed by atoms with Crippen LogP contribution in [0.1, 0.15) is 17.5 Å². The Kier molecular flexibility index (Phi) is 5.11. The Hall–Kier alpha value is -1.27. The van der Waals surface area contributed by atoms with Crippen molar-refractivity contribution in [1.29, 1.82) is 0 Å². The van der Waals surface area contributed by atoms with E-state index < -0.39 is 11.7 Å². The second kappa shape index (κ2) is 6.66. The Morgan fingerprint density at radius 2 is 2.14 bits per heavy atom. The lowest BCUT2D eigenvalue weighted by Gasteiger charge is -2.24. The predicted molar refractivity (Wildman–Crippen MR) is 76.4 cm³/mol. The molecule has 1 aromatic carbocycles. The molecule has 6 heteroatoms. The van der Waals surface area contributed by atoms with Crippen molar-refractivity contribution in [2.24, 2.45) is 5.92 Å². The van der Waals surface area contributed by atoms with Crippen LogP contribution >= 0.6 is 0 Å². The van der Waals surface area contributed by atoms with E-state index in [0.29, 0.717) is 37.7 Å². The summed E-state index contributed by atoms with van der Waals surface area (Å²) in [5, 5.41) is 2.88. The molecule has 1 aromatic rings. The fourth-order valence-electron chi connectivity index (χ4n) is 2.82. The SMILES string of the molecule is CNCc1ccc(N2CCC(COC)C2)c(C(F)(F)F)c1. The topological polar surface area (TPSA) is 24.5 Å². The fraction of sp³-hybridized carbons (Fsp3) is 0.600. The fourth-order valence-corrected chi connectivity index (χ4v) is 2.82. The summed E-state index contributed by atoms with van der Waals surface area (Å²) in [4.78, 5) is 1.82. The molecule has 0 aliphatic carbocycles. The van der Waals surface area contributed by atoms with Crippen molar-refractivity contribution in [3.05, 3.63) is 29.3 Å². The van der Waals surface area contributed by atoms with Gasteiger partial charge >= 0.3 is 6.18 Å². The van der Waals surface area contributed by atoms with Gasteiger partial charge in [0.2, 0.25) is 0 Å². The van der Waals surface area contributed by atoms with E-state index in [0.717, 1.165) is 6.42 Å². The summed E-state index contributed by atoms with van der Waals surface area (Å²) in [6, 6.07) is 4.59. The van der Waals surface area contributed by atoms with E-state index in [9.17, 15) is 13.2 Å². The number of hydrogen-bond donors (Lipinski definition) is 1. The van der Waals surface area contributed by atoms with Crippen molar-refractivity contribution in [2.75, 3.05) is 38.8 Å². The van der Waals surface area contributed by atoms with Crippen molar-refractivity contribution in [3.8, 4) is 0 Å². The summed E-state index contributed by atoms with van der Waals surface area (Å²) in [7, 11) is 3.34. The molecule has 0 radical (unpaired) electrons. The Bertz CT molecular complexity index is 476. The lowest BCUT2D eigenvalue weighted by Crippen LogP contribution is -2.24. The molecular formula is C15H21F3N2O. The molecule has 0 spiro atoms.